The van der Waals surface area contributed by atoms with Crippen molar-refractivity contribution in [2.24, 2.45) is 12.8 Å². The molecule has 4 nitrogen and oxygen atoms in total. The Morgan fingerprint density at radius 3 is 2.52 bits per heavy atom. The van der Waals surface area contributed by atoms with Crippen LogP contribution in [-0.2, 0) is 20.1 Å². The standard InChI is InChI=1S/C17H26N4/c1-5-14(18)10-21-8-12-6-15-16(7-13(12)9-21)20(4)17(19-15)11(2)3/h6-7,11,14H,5,8-10,18H2,1-4H3. The van der Waals surface area contributed by atoms with Crippen LogP contribution in [-0.4, -0.2) is 27.0 Å². The number of fused-ring (bicyclic) bond motifs is 2. The molecule has 0 fully saturated rings. The molecule has 1 atom stereocenters. The van der Waals surface area contributed by atoms with Gasteiger partial charge in [0, 0.05) is 38.6 Å². The third-order valence-electron chi connectivity index (χ3n) is 4.56. The average Bonchev–Trinajstić information content (AvgIpc) is 2.97. The van der Waals surface area contributed by atoms with Gasteiger partial charge in [-0.15, -0.1) is 0 Å². The van der Waals surface area contributed by atoms with Crippen LogP contribution < -0.4 is 5.73 Å². The first kappa shape index (κ1) is 14.5. The maximum absolute atomic E-state index is 6.09. The van der Waals surface area contributed by atoms with Gasteiger partial charge in [0.15, 0.2) is 0 Å². The first-order valence-corrected chi connectivity index (χ1v) is 7.95. The van der Waals surface area contributed by atoms with E-state index < -0.39 is 0 Å². The predicted octanol–water partition coefficient (Wildman–Crippen LogP) is 2.75. The maximum Gasteiger partial charge on any atom is 0.112 e. The highest BCUT2D eigenvalue weighted by Crippen LogP contribution is 2.29. The zero-order chi connectivity index (χ0) is 15.1. The second-order valence-corrected chi connectivity index (χ2v) is 6.63. The number of nitrogens with zero attached hydrogens (tertiary/aromatic N) is 3. The summed E-state index contributed by atoms with van der Waals surface area (Å²) in [6, 6.07) is 4.87. The Morgan fingerprint density at radius 1 is 1.24 bits per heavy atom. The molecule has 0 radical (unpaired) electrons. The monoisotopic (exact) mass is 286 g/mol. The molecule has 0 aliphatic carbocycles. The van der Waals surface area contributed by atoms with Crippen LogP contribution in [0.15, 0.2) is 12.1 Å². The molecule has 1 aromatic heterocycles. The van der Waals surface area contributed by atoms with Gasteiger partial charge in [0.25, 0.3) is 0 Å². The lowest BCUT2D eigenvalue weighted by molar-refractivity contribution is 0.262. The summed E-state index contributed by atoms with van der Waals surface area (Å²) in [5, 5.41) is 0. The van der Waals surface area contributed by atoms with Crippen molar-refractivity contribution >= 4 is 11.0 Å². The topological polar surface area (TPSA) is 47.1 Å². The van der Waals surface area contributed by atoms with E-state index >= 15 is 0 Å². The molecule has 1 unspecified atom stereocenters. The molecule has 0 spiro atoms. The average molecular weight is 286 g/mol. The van der Waals surface area contributed by atoms with Crippen molar-refractivity contribution in [2.45, 2.75) is 52.2 Å². The highest BCUT2D eigenvalue weighted by molar-refractivity contribution is 5.78. The molecule has 2 aromatic rings. The summed E-state index contributed by atoms with van der Waals surface area (Å²) >= 11 is 0. The van der Waals surface area contributed by atoms with Crippen molar-refractivity contribution in [1.29, 1.82) is 0 Å². The number of aryl methyl sites for hydroxylation is 1. The maximum atomic E-state index is 6.09. The van der Waals surface area contributed by atoms with Crippen LogP contribution in [0.25, 0.3) is 11.0 Å². The summed E-state index contributed by atoms with van der Waals surface area (Å²) in [5.41, 5.74) is 11.3. The van der Waals surface area contributed by atoms with Crippen molar-refractivity contribution in [3.63, 3.8) is 0 Å². The zero-order valence-electron chi connectivity index (χ0n) is 13.6. The molecule has 1 aromatic carbocycles. The molecule has 2 heterocycles. The van der Waals surface area contributed by atoms with E-state index in [4.69, 9.17) is 10.7 Å². The highest BCUT2D eigenvalue weighted by atomic mass is 15.2. The van der Waals surface area contributed by atoms with E-state index in [1.165, 1.54) is 22.5 Å². The van der Waals surface area contributed by atoms with Crippen LogP contribution in [0.4, 0.5) is 0 Å². The fourth-order valence-electron chi connectivity index (χ4n) is 3.28. The molecule has 0 amide bonds. The molecule has 1 aliphatic heterocycles. The quantitative estimate of drug-likeness (QED) is 0.940. The lowest BCUT2D eigenvalue weighted by Crippen LogP contribution is -2.33. The van der Waals surface area contributed by atoms with Gasteiger partial charge in [-0.1, -0.05) is 20.8 Å². The summed E-state index contributed by atoms with van der Waals surface area (Å²) in [6.45, 7) is 9.55. The number of rotatable bonds is 4. The summed E-state index contributed by atoms with van der Waals surface area (Å²) < 4.78 is 2.24. The van der Waals surface area contributed by atoms with E-state index in [9.17, 15) is 0 Å². The van der Waals surface area contributed by atoms with Gasteiger partial charge < -0.3 is 10.3 Å². The van der Waals surface area contributed by atoms with Crippen LogP contribution in [0, 0.1) is 0 Å². The smallest absolute Gasteiger partial charge is 0.112 e. The van der Waals surface area contributed by atoms with E-state index in [0.717, 1.165) is 31.6 Å². The van der Waals surface area contributed by atoms with Crippen LogP contribution in [0.5, 0.6) is 0 Å². The van der Waals surface area contributed by atoms with Crippen LogP contribution in [0.1, 0.15) is 50.1 Å². The Bertz CT molecular complexity index is 656. The summed E-state index contributed by atoms with van der Waals surface area (Å²) in [4.78, 5) is 7.26. The molecule has 21 heavy (non-hydrogen) atoms. The lowest BCUT2D eigenvalue weighted by Gasteiger charge is -2.18. The van der Waals surface area contributed by atoms with Gasteiger partial charge in [-0.25, -0.2) is 4.98 Å². The molecule has 0 bridgehead atoms. The molecule has 0 saturated heterocycles. The van der Waals surface area contributed by atoms with Crippen molar-refractivity contribution in [1.82, 2.24) is 14.5 Å². The third-order valence-corrected chi connectivity index (χ3v) is 4.56. The van der Waals surface area contributed by atoms with Crippen molar-refractivity contribution < 1.29 is 0 Å². The van der Waals surface area contributed by atoms with Gasteiger partial charge in [-0.05, 0) is 29.7 Å². The Morgan fingerprint density at radius 2 is 1.90 bits per heavy atom. The zero-order valence-corrected chi connectivity index (χ0v) is 13.6. The van der Waals surface area contributed by atoms with Crippen molar-refractivity contribution in [3.8, 4) is 0 Å². The second-order valence-electron chi connectivity index (χ2n) is 6.63. The molecular formula is C17H26N4. The Kier molecular flexibility index (Phi) is 3.76. The van der Waals surface area contributed by atoms with Gasteiger partial charge in [-0.2, -0.15) is 0 Å². The highest BCUT2D eigenvalue weighted by Gasteiger charge is 2.22. The number of aromatic nitrogens is 2. The van der Waals surface area contributed by atoms with Crippen LogP contribution >= 0.6 is 0 Å². The summed E-state index contributed by atoms with van der Waals surface area (Å²) in [6.07, 6.45) is 1.04. The lowest BCUT2D eigenvalue weighted by atomic mass is 10.1. The normalized spacial score (nSPS) is 16.9. The minimum absolute atomic E-state index is 0.277. The number of nitrogens with two attached hydrogens (primary N) is 1. The molecule has 114 valence electrons. The first-order valence-electron chi connectivity index (χ1n) is 7.95. The summed E-state index contributed by atoms with van der Waals surface area (Å²) in [5.74, 6) is 1.62. The van der Waals surface area contributed by atoms with E-state index in [0.29, 0.717) is 5.92 Å². The molecule has 0 saturated carbocycles. The number of hydrogen-bond acceptors (Lipinski definition) is 3. The Labute approximate surface area is 126 Å². The Hall–Kier alpha value is -1.39. The van der Waals surface area contributed by atoms with E-state index in [-0.39, 0.29) is 6.04 Å². The van der Waals surface area contributed by atoms with E-state index in [1.54, 1.807) is 0 Å². The second kappa shape index (κ2) is 5.43. The third kappa shape index (κ3) is 2.58. The number of imidazole rings is 1. The molecule has 1 aliphatic rings. The van der Waals surface area contributed by atoms with E-state index in [2.05, 4.69) is 49.4 Å². The number of hydrogen-bond donors (Lipinski definition) is 1. The van der Waals surface area contributed by atoms with Gasteiger partial charge in [-0.3, -0.25) is 4.90 Å². The van der Waals surface area contributed by atoms with Gasteiger partial charge in [0.05, 0.1) is 11.0 Å². The van der Waals surface area contributed by atoms with Gasteiger partial charge >= 0.3 is 0 Å². The minimum atomic E-state index is 0.277. The van der Waals surface area contributed by atoms with E-state index in [1.807, 2.05) is 0 Å². The number of benzene rings is 1. The molecule has 2 N–H and O–H groups in total. The fourth-order valence-corrected chi connectivity index (χ4v) is 3.28. The molecular weight excluding hydrogens is 260 g/mol. The van der Waals surface area contributed by atoms with Gasteiger partial charge in [0.1, 0.15) is 5.82 Å². The molecule has 3 rings (SSSR count). The van der Waals surface area contributed by atoms with Crippen molar-refractivity contribution in [2.75, 3.05) is 6.54 Å². The first-order chi connectivity index (χ1) is 9.99. The predicted molar refractivity (Wildman–Crippen MR) is 87.2 cm³/mol. The van der Waals surface area contributed by atoms with Gasteiger partial charge in [0.2, 0.25) is 0 Å². The minimum Gasteiger partial charge on any atom is -0.331 e. The molecule has 4 heteroatoms. The SMILES string of the molecule is CCC(N)CN1Cc2cc3nc(C(C)C)n(C)c3cc2C1. The Balaban J connectivity index is 1.91. The van der Waals surface area contributed by atoms with Crippen LogP contribution in [0.2, 0.25) is 0 Å². The van der Waals surface area contributed by atoms with Crippen molar-refractivity contribution in [3.05, 3.63) is 29.1 Å². The fraction of sp³-hybridized carbons (Fsp3) is 0.588. The van der Waals surface area contributed by atoms with Crippen LogP contribution in [0.3, 0.4) is 0 Å². The summed E-state index contributed by atoms with van der Waals surface area (Å²) in [7, 11) is 2.12. The largest absolute Gasteiger partial charge is 0.331 e.